The van der Waals surface area contributed by atoms with Gasteiger partial charge in [0, 0.05) is 22.8 Å². The number of ether oxygens (including phenoxy) is 3. The molecule has 3 aromatic rings. The summed E-state index contributed by atoms with van der Waals surface area (Å²) in [5, 5.41) is 2.56. The second kappa shape index (κ2) is 9.80. The van der Waals surface area contributed by atoms with Crippen molar-refractivity contribution in [2.45, 2.75) is 20.8 Å². The quantitative estimate of drug-likeness (QED) is 0.403. The minimum absolute atomic E-state index is 0.0159. The molecule has 4 rings (SSSR count). The van der Waals surface area contributed by atoms with E-state index in [-0.39, 0.29) is 40.7 Å². The predicted octanol–water partition coefficient (Wildman–Crippen LogP) is 4.26. The van der Waals surface area contributed by atoms with Crippen molar-refractivity contribution in [3.05, 3.63) is 88.0 Å². The molecule has 35 heavy (non-hydrogen) atoms. The fourth-order valence-corrected chi connectivity index (χ4v) is 3.63. The fraction of sp³-hybridized carbons (Fsp3) is 0.185. The molecule has 0 unspecified atom stereocenters. The number of rotatable bonds is 7. The van der Waals surface area contributed by atoms with Gasteiger partial charge in [0.2, 0.25) is 6.79 Å². The Bertz CT molecular complexity index is 1360. The lowest BCUT2D eigenvalue weighted by atomic mass is 9.96. The molecule has 0 aromatic heterocycles. The molecule has 1 amide bonds. The zero-order chi connectivity index (χ0) is 25.1. The van der Waals surface area contributed by atoms with E-state index >= 15 is 0 Å². The molecule has 1 N–H and O–H groups in total. The van der Waals surface area contributed by atoms with Gasteiger partial charge in [0.15, 0.2) is 29.7 Å². The average molecular weight is 473 g/mol. The third-order valence-corrected chi connectivity index (χ3v) is 5.66. The summed E-state index contributed by atoms with van der Waals surface area (Å²) in [5.74, 6) is -1.28. The molecule has 0 radical (unpaired) electrons. The molecule has 0 fully saturated rings. The first-order valence-corrected chi connectivity index (χ1v) is 10.9. The van der Waals surface area contributed by atoms with E-state index in [1.807, 2.05) is 19.9 Å². The van der Waals surface area contributed by atoms with Crippen molar-refractivity contribution in [2.75, 3.05) is 18.7 Å². The summed E-state index contributed by atoms with van der Waals surface area (Å²) in [5.41, 5.74) is 3.14. The monoisotopic (exact) mass is 473 g/mol. The van der Waals surface area contributed by atoms with Gasteiger partial charge in [-0.3, -0.25) is 14.4 Å². The van der Waals surface area contributed by atoms with Gasteiger partial charge in [0.1, 0.15) is 0 Å². The maximum absolute atomic E-state index is 13.1. The Balaban J connectivity index is 1.47. The largest absolute Gasteiger partial charge is 0.454 e. The number of fused-ring (bicyclic) bond motifs is 1. The summed E-state index contributed by atoms with van der Waals surface area (Å²) in [7, 11) is 0. The maximum atomic E-state index is 13.1. The first-order chi connectivity index (χ1) is 16.7. The van der Waals surface area contributed by atoms with Crippen LogP contribution in [0, 0.1) is 13.8 Å². The van der Waals surface area contributed by atoms with Gasteiger partial charge in [-0.1, -0.05) is 30.3 Å². The van der Waals surface area contributed by atoms with Gasteiger partial charge in [-0.15, -0.1) is 0 Å². The fourth-order valence-electron chi connectivity index (χ4n) is 3.63. The summed E-state index contributed by atoms with van der Waals surface area (Å²) in [6.07, 6.45) is 0. The summed E-state index contributed by atoms with van der Waals surface area (Å²) in [4.78, 5) is 50.3. The van der Waals surface area contributed by atoms with Gasteiger partial charge >= 0.3 is 5.97 Å². The second-order valence-corrected chi connectivity index (χ2v) is 8.11. The van der Waals surface area contributed by atoms with Crippen molar-refractivity contribution in [2.24, 2.45) is 0 Å². The summed E-state index contributed by atoms with van der Waals surface area (Å²) in [6.45, 7) is 4.61. The van der Waals surface area contributed by atoms with Crippen LogP contribution >= 0.6 is 0 Å². The molecule has 1 aliphatic heterocycles. The molecule has 1 heterocycles. The van der Waals surface area contributed by atoms with Crippen molar-refractivity contribution >= 4 is 29.1 Å². The number of anilines is 1. The Morgan fingerprint density at radius 3 is 2.23 bits per heavy atom. The molecule has 8 nitrogen and oxygen atoms in total. The number of hydrogen-bond acceptors (Lipinski definition) is 7. The van der Waals surface area contributed by atoms with Crippen molar-refractivity contribution in [3.63, 3.8) is 0 Å². The first-order valence-electron chi connectivity index (χ1n) is 10.9. The number of aryl methyl sites for hydroxylation is 2. The molecule has 3 aromatic carbocycles. The van der Waals surface area contributed by atoms with Crippen molar-refractivity contribution in [3.8, 4) is 11.5 Å². The van der Waals surface area contributed by atoms with Gasteiger partial charge in [-0.25, -0.2) is 4.79 Å². The van der Waals surface area contributed by atoms with Crippen molar-refractivity contribution in [1.29, 1.82) is 0 Å². The van der Waals surface area contributed by atoms with Crippen LogP contribution < -0.4 is 14.8 Å². The number of hydrogen-bond donors (Lipinski definition) is 1. The molecular weight excluding hydrogens is 450 g/mol. The Labute approximate surface area is 201 Å². The van der Waals surface area contributed by atoms with Crippen molar-refractivity contribution in [1.82, 2.24) is 0 Å². The number of carbonyl (C=O) groups excluding carboxylic acids is 4. The predicted molar refractivity (Wildman–Crippen MR) is 127 cm³/mol. The maximum Gasteiger partial charge on any atom is 0.339 e. The number of Topliss-reactive ketones (excluding diaryl/α,β-unsaturated/α-hetero) is 1. The van der Waals surface area contributed by atoms with E-state index in [1.54, 1.807) is 30.3 Å². The van der Waals surface area contributed by atoms with Crippen LogP contribution in [0.3, 0.4) is 0 Å². The lowest BCUT2D eigenvalue weighted by molar-refractivity contribution is -0.119. The van der Waals surface area contributed by atoms with Crippen molar-refractivity contribution < 1.29 is 33.4 Å². The van der Waals surface area contributed by atoms with Crippen LogP contribution in [0.4, 0.5) is 5.69 Å². The lowest BCUT2D eigenvalue weighted by Gasteiger charge is -2.12. The van der Waals surface area contributed by atoms with Crippen LogP contribution in [-0.4, -0.2) is 36.8 Å². The summed E-state index contributed by atoms with van der Waals surface area (Å²) < 4.78 is 15.7. The van der Waals surface area contributed by atoms with Crippen LogP contribution in [0.1, 0.15) is 54.7 Å². The standard InChI is InChI=1S/C27H23NO7/c1-15-8-9-18(10-16(15)2)26(31)19-6-4-5-7-20(19)27(32)33-13-25(30)28-22-12-24-23(34-14-35-24)11-21(22)17(3)29/h4-12H,13-14H2,1-3H3,(H,28,30). The molecule has 8 heteroatoms. The molecule has 0 saturated heterocycles. The number of nitrogens with one attached hydrogen (secondary N) is 1. The molecule has 0 bridgehead atoms. The lowest BCUT2D eigenvalue weighted by Crippen LogP contribution is -2.23. The second-order valence-electron chi connectivity index (χ2n) is 8.11. The normalized spacial score (nSPS) is 11.6. The highest BCUT2D eigenvalue weighted by Gasteiger charge is 2.22. The van der Waals surface area contributed by atoms with Gasteiger partial charge in [-0.05, 0) is 50.1 Å². The van der Waals surface area contributed by atoms with E-state index in [0.717, 1.165) is 11.1 Å². The highest BCUT2D eigenvalue weighted by atomic mass is 16.7. The van der Waals surface area contributed by atoms with Crippen LogP contribution in [0.25, 0.3) is 0 Å². The average Bonchev–Trinajstić information content (AvgIpc) is 3.30. The molecule has 1 aliphatic rings. The zero-order valence-electron chi connectivity index (χ0n) is 19.5. The first kappa shape index (κ1) is 23.7. The SMILES string of the molecule is CC(=O)c1cc2c(cc1NC(=O)COC(=O)c1ccccc1C(=O)c1ccc(C)c(C)c1)OCO2. The number of esters is 1. The Morgan fingerprint density at radius 2 is 1.54 bits per heavy atom. The minimum Gasteiger partial charge on any atom is -0.454 e. The van der Waals surface area contributed by atoms with E-state index in [0.29, 0.717) is 17.1 Å². The highest BCUT2D eigenvalue weighted by Crippen LogP contribution is 2.37. The van der Waals surface area contributed by atoms with E-state index < -0.39 is 18.5 Å². The van der Waals surface area contributed by atoms with E-state index in [2.05, 4.69) is 5.32 Å². The van der Waals surface area contributed by atoms with Gasteiger partial charge in [0.05, 0.1) is 11.3 Å². The molecule has 0 spiro atoms. The Hall–Kier alpha value is -4.46. The minimum atomic E-state index is -0.814. The molecule has 178 valence electrons. The number of ketones is 2. The third-order valence-electron chi connectivity index (χ3n) is 5.66. The molecule has 0 aliphatic carbocycles. The van der Waals surface area contributed by atoms with Crippen LogP contribution in [0.5, 0.6) is 11.5 Å². The van der Waals surface area contributed by atoms with Gasteiger partial charge in [0.25, 0.3) is 5.91 Å². The number of amides is 1. The van der Waals surface area contributed by atoms with Gasteiger partial charge < -0.3 is 19.5 Å². The van der Waals surface area contributed by atoms with Gasteiger partial charge in [-0.2, -0.15) is 0 Å². The van der Waals surface area contributed by atoms with E-state index in [4.69, 9.17) is 14.2 Å². The molecule has 0 atom stereocenters. The summed E-state index contributed by atoms with van der Waals surface area (Å²) >= 11 is 0. The number of benzene rings is 3. The highest BCUT2D eigenvalue weighted by molar-refractivity contribution is 6.14. The smallest absolute Gasteiger partial charge is 0.339 e. The van der Waals surface area contributed by atoms with E-state index in [1.165, 1.54) is 25.1 Å². The molecule has 0 saturated carbocycles. The van der Waals surface area contributed by atoms with Crippen LogP contribution in [0.15, 0.2) is 54.6 Å². The Kier molecular flexibility index (Phi) is 6.64. The zero-order valence-corrected chi connectivity index (χ0v) is 19.5. The van der Waals surface area contributed by atoms with Crippen LogP contribution in [-0.2, 0) is 9.53 Å². The number of carbonyl (C=O) groups is 4. The third kappa shape index (κ3) is 5.06. The summed E-state index contributed by atoms with van der Waals surface area (Å²) in [6, 6.07) is 14.6. The van der Waals surface area contributed by atoms with E-state index in [9.17, 15) is 19.2 Å². The topological polar surface area (TPSA) is 108 Å². The Morgan fingerprint density at radius 1 is 0.857 bits per heavy atom. The molecular formula is C27H23NO7. The van der Waals surface area contributed by atoms with Crippen LogP contribution in [0.2, 0.25) is 0 Å².